The van der Waals surface area contributed by atoms with Crippen molar-refractivity contribution in [1.29, 1.82) is 0 Å². The van der Waals surface area contributed by atoms with Crippen LogP contribution in [0.1, 0.15) is 5.56 Å². The van der Waals surface area contributed by atoms with E-state index in [1.54, 1.807) is 6.07 Å². The molecule has 0 radical (unpaired) electrons. The third-order valence-electron chi connectivity index (χ3n) is 2.31. The molecule has 1 heterocycles. The van der Waals surface area contributed by atoms with E-state index in [0.717, 1.165) is 12.1 Å². The number of nitrogens with zero attached hydrogens (tertiary/aromatic N) is 1. The Morgan fingerprint density at radius 1 is 1.11 bits per heavy atom. The molecule has 0 spiro atoms. The first-order chi connectivity index (χ1) is 8.39. The summed E-state index contributed by atoms with van der Waals surface area (Å²) in [4.78, 5) is 3.85. The molecule has 0 saturated carbocycles. The van der Waals surface area contributed by atoms with Crippen molar-refractivity contribution >= 4 is 11.6 Å². The molecule has 1 aromatic heterocycles. The molecule has 0 amide bonds. The van der Waals surface area contributed by atoms with Crippen LogP contribution in [0.15, 0.2) is 36.5 Å². The zero-order valence-electron chi connectivity index (χ0n) is 8.80. The number of benzene rings is 1. The van der Waals surface area contributed by atoms with Gasteiger partial charge in [-0.05, 0) is 30.3 Å². The monoisotopic (exact) mass is 275 g/mol. The zero-order chi connectivity index (χ0) is 13.3. The molecule has 18 heavy (non-hydrogen) atoms. The molecule has 1 nitrogen and oxygen atoms in total. The number of hydrogen-bond acceptors (Lipinski definition) is 1. The summed E-state index contributed by atoms with van der Waals surface area (Å²) in [6.45, 7) is 0. The molecule has 6 heteroatoms. The predicted molar refractivity (Wildman–Crippen MR) is 59.6 cm³/mol. The Balaban J connectivity index is 2.52. The fraction of sp³-hybridized carbons (Fsp3) is 0.0833. The van der Waals surface area contributed by atoms with E-state index in [1.165, 1.54) is 12.3 Å². The lowest BCUT2D eigenvalue weighted by Crippen LogP contribution is -2.05. The van der Waals surface area contributed by atoms with Crippen molar-refractivity contribution in [3.63, 3.8) is 0 Å². The van der Waals surface area contributed by atoms with Crippen LogP contribution in [0.4, 0.5) is 17.6 Å². The van der Waals surface area contributed by atoms with E-state index in [9.17, 15) is 17.6 Å². The van der Waals surface area contributed by atoms with E-state index in [4.69, 9.17) is 11.6 Å². The summed E-state index contributed by atoms with van der Waals surface area (Å²) >= 11 is 5.81. The minimum atomic E-state index is -4.58. The summed E-state index contributed by atoms with van der Waals surface area (Å²) < 4.78 is 50.8. The molecular weight excluding hydrogens is 270 g/mol. The maximum Gasteiger partial charge on any atom is 0.416 e. The van der Waals surface area contributed by atoms with Crippen LogP contribution in [0.25, 0.3) is 11.3 Å². The fourth-order valence-corrected chi connectivity index (χ4v) is 1.69. The normalized spacial score (nSPS) is 11.6. The second kappa shape index (κ2) is 4.57. The summed E-state index contributed by atoms with van der Waals surface area (Å²) in [6, 6.07) is 5.28. The van der Waals surface area contributed by atoms with Crippen LogP contribution in [0.2, 0.25) is 5.02 Å². The molecule has 0 saturated heterocycles. The molecule has 0 fully saturated rings. The lowest BCUT2D eigenvalue weighted by atomic mass is 10.1. The van der Waals surface area contributed by atoms with E-state index in [1.807, 2.05) is 0 Å². The van der Waals surface area contributed by atoms with Crippen LogP contribution in [-0.4, -0.2) is 4.98 Å². The van der Waals surface area contributed by atoms with Gasteiger partial charge in [0.05, 0.1) is 16.3 Å². The number of hydrogen-bond donors (Lipinski definition) is 0. The molecule has 1 aromatic carbocycles. The molecule has 94 valence electrons. The number of rotatable bonds is 1. The number of aromatic nitrogens is 1. The van der Waals surface area contributed by atoms with Gasteiger partial charge in [0, 0.05) is 11.8 Å². The van der Waals surface area contributed by atoms with Crippen LogP contribution >= 0.6 is 11.6 Å². The Morgan fingerprint density at radius 2 is 1.83 bits per heavy atom. The van der Waals surface area contributed by atoms with Gasteiger partial charge < -0.3 is 0 Å². The SMILES string of the molecule is Fc1cc(C(F)(F)F)ccc1-c1ncccc1Cl. The standard InChI is InChI=1S/C12H6ClF4N/c13-9-2-1-5-18-11(9)8-4-3-7(6-10(8)14)12(15,16)17/h1-6H. The molecular formula is C12H6ClF4N. The summed E-state index contributed by atoms with van der Waals surface area (Å²) in [5, 5.41) is 0.177. The van der Waals surface area contributed by atoms with Gasteiger partial charge in [-0.15, -0.1) is 0 Å². The highest BCUT2D eigenvalue weighted by Gasteiger charge is 2.31. The van der Waals surface area contributed by atoms with E-state index in [0.29, 0.717) is 6.07 Å². The number of halogens is 5. The van der Waals surface area contributed by atoms with Gasteiger partial charge in [0.1, 0.15) is 5.82 Å². The second-order valence-electron chi connectivity index (χ2n) is 3.53. The summed E-state index contributed by atoms with van der Waals surface area (Å²) in [6.07, 6.45) is -3.19. The topological polar surface area (TPSA) is 12.9 Å². The van der Waals surface area contributed by atoms with Crippen molar-refractivity contribution in [2.75, 3.05) is 0 Å². The third kappa shape index (κ3) is 2.46. The molecule has 0 unspecified atom stereocenters. The first kappa shape index (κ1) is 12.8. The Hall–Kier alpha value is -1.62. The molecule has 0 bridgehead atoms. The van der Waals surface area contributed by atoms with Crippen LogP contribution in [0, 0.1) is 5.82 Å². The summed E-state index contributed by atoms with van der Waals surface area (Å²) in [7, 11) is 0. The second-order valence-corrected chi connectivity index (χ2v) is 3.93. The average molecular weight is 276 g/mol. The van der Waals surface area contributed by atoms with Crippen molar-refractivity contribution in [3.05, 3.63) is 52.9 Å². The summed E-state index contributed by atoms with van der Waals surface area (Å²) in [5.74, 6) is -1.01. The lowest BCUT2D eigenvalue weighted by molar-refractivity contribution is -0.137. The average Bonchev–Trinajstić information content (AvgIpc) is 2.29. The molecule has 0 aliphatic rings. The van der Waals surface area contributed by atoms with Gasteiger partial charge in [-0.1, -0.05) is 11.6 Å². The van der Waals surface area contributed by atoms with Crippen molar-refractivity contribution in [2.24, 2.45) is 0 Å². The number of pyridine rings is 1. The van der Waals surface area contributed by atoms with E-state index in [2.05, 4.69) is 4.98 Å². The maximum atomic E-state index is 13.6. The largest absolute Gasteiger partial charge is 0.416 e. The van der Waals surface area contributed by atoms with Gasteiger partial charge in [0.25, 0.3) is 0 Å². The van der Waals surface area contributed by atoms with Gasteiger partial charge in [0.15, 0.2) is 0 Å². The van der Waals surface area contributed by atoms with Crippen molar-refractivity contribution in [2.45, 2.75) is 6.18 Å². The van der Waals surface area contributed by atoms with Crippen LogP contribution in [-0.2, 0) is 6.18 Å². The fourth-order valence-electron chi connectivity index (χ4n) is 1.47. The Labute approximate surface area is 105 Å². The van der Waals surface area contributed by atoms with E-state index < -0.39 is 17.6 Å². The van der Waals surface area contributed by atoms with Crippen molar-refractivity contribution in [3.8, 4) is 11.3 Å². The first-order valence-corrected chi connectivity index (χ1v) is 5.25. The molecule has 2 aromatic rings. The van der Waals surface area contributed by atoms with Gasteiger partial charge in [-0.2, -0.15) is 13.2 Å². The highest BCUT2D eigenvalue weighted by atomic mass is 35.5. The van der Waals surface area contributed by atoms with Gasteiger partial charge in [-0.25, -0.2) is 4.39 Å². The molecule has 0 atom stereocenters. The van der Waals surface area contributed by atoms with Gasteiger partial charge in [0.2, 0.25) is 0 Å². The lowest BCUT2D eigenvalue weighted by Gasteiger charge is -2.09. The van der Waals surface area contributed by atoms with Crippen LogP contribution in [0.3, 0.4) is 0 Å². The van der Waals surface area contributed by atoms with Crippen LogP contribution < -0.4 is 0 Å². The zero-order valence-corrected chi connectivity index (χ0v) is 9.56. The third-order valence-corrected chi connectivity index (χ3v) is 2.62. The summed E-state index contributed by atoms with van der Waals surface area (Å²) in [5.41, 5.74) is -0.991. The Kier molecular flexibility index (Phi) is 3.26. The van der Waals surface area contributed by atoms with E-state index >= 15 is 0 Å². The Bertz CT molecular complexity index is 581. The quantitative estimate of drug-likeness (QED) is 0.695. The minimum Gasteiger partial charge on any atom is -0.255 e. The van der Waals surface area contributed by atoms with Crippen molar-refractivity contribution < 1.29 is 17.6 Å². The molecule has 0 aliphatic carbocycles. The maximum absolute atomic E-state index is 13.6. The van der Waals surface area contributed by atoms with Gasteiger partial charge in [-0.3, -0.25) is 4.98 Å². The molecule has 0 N–H and O–H groups in total. The highest BCUT2D eigenvalue weighted by molar-refractivity contribution is 6.33. The van der Waals surface area contributed by atoms with Gasteiger partial charge >= 0.3 is 6.18 Å². The Morgan fingerprint density at radius 3 is 2.39 bits per heavy atom. The van der Waals surface area contributed by atoms with E-state index in [-0.39, 0.29) is 16.3 Å². The number of alkyl halides is 3. The minimum absolute atomic E-state index is 0.0615. The van der Waals surface area contributed by atoms with Crippen molar-refractivity contribution in [1.82, 2.24) is 4.98 Å². The first-order valence-electron chi connectivity index (χ1n) is 4.87. The smallest absolute Gasteiger partial charge is 0.255 e. The highest BCUT2D eigenvalue weighted by Crippen LogP contribution is 2.33. The predicted octanol–water partition coefficient (Wildman–Crippen LogP) is 4.56. The molecule has 2 rings (SSSR count). The molecule has 0 aliphatic heterocycles. The van der Waals surface area contributed by atoms with Crippen LogP contribution in [0.5, 0.6) is 0 Å².